The molecule has 0 spiro atoms. The number of anilines is 2. The van der Waals surface area contributed by atoms with Crippen molar-refractivity contribution in [2.24, 2.45) is 0 Å². The maximum atomic E-state index is 5.98. The molecule has 1 aliphatic rings. The van der Waals surface area contributed by atoms with E-state index in [-0.39, 0.29) is 11.7 Å². The summed E-state index contributed by atoms with van der Waals surface area (Å²) in [7, 11) is 0. The Hall–Kier alpha value is -1.82. The number of aromatic nitrogens is 3. The summed E-state index contributed by atoms with van der Waals surface area (Å²) in [5.74, 6) is 1.79. The Bertz CT molecular complexity index is 636. The molecule has 1 fully saturated rings. The van der Waals surface area contributed by atoms with Crippen molar-refractivity contribution in [3.63, 3.8) is 0 Å². The van der Waals surface area contributed by atoms with Gasteiger partial charge in [-0.15, -0.1) is 0 Å². The van der Waals surface area contributed by atoms with Crippen molar-refractivity contribution in [2.45, 2.75) is 39.4 Å². The van der Waals surface area contributed by atoms with Crippen LogP contribution in [0.5, 0.6) is 0 Å². The van der Waals surface area contributed by atoms with Crippen LogP contribution in [-0.2, 0) is 4.74 Å². The molecule has 1 aliphatic heterocycles. The van der Waals surface area contributed by atoms with Crippen LogP contribution in [0.3, 0.4) is 0 Å². The number of imidazole rings is 1. The molecule has 1 unspecified atom stereocenters. The van der Waals surface area contributed by atoms with Crippen molar-refractivity contribution in [3.8, 4) is 0 Å². The van der Waals surface area contributed by atoms with Crippen molar-refractivity contribution in [1.82, 2.24) is 14.4 Å². The van der Waals surface area contributed by atoms with Gasteiger partial charge in [0.25, 0.3) is 0 Å². The molecule has 3 rings (SSSR count). The second-order valence-corrected chi connectivity index (χ2v) is 6.21. The summed E-state index contributed by atoms with van der Waals surface area (Å²) < 4.78 is 8.01. The number of ether oxygens (including phenoxy) is 1. The molecule has 1 saturated heterocycles. The number of morpholine rings is 1. The summed E-state index contributed by atoms with van der Waals surface area (Å²) in [6.07, 6.45) is 5.92. The zero-order valence-electron chi connectivity index (χ0n) is 13.1. The second kappa shape index (κ2) is 5.18. The Labute approximate surface area is 125 Å². The molecule has 0 aromatic carbocycles. The Morgan fingerprint density at radius 1 is 1.48 bits per heavy atom. The van der Waals surface area contributed by atoms with E-state index >= 15 is 0 Å². The molecule has 0 aliphatic carbocycles. The average molecular weight is 289 g/mol. The lowest BCUT2D eigenvalue weighted by molar-refractivity contribution is -0.0751. The van der Waals surface area contributed by atoms with Gasteiger partial charge in [-0.25, -0.2) is 9.97 Å². The van der Waals surface area contributed by atoms with Gasteiger partial charge in [0.2, 0.25) is 0 Å². The fraction of sp³-hybridized carbons (Fsp3) is 0.600. The van der Waals surface area contributed by atoms with Crippen molar-refractivity contribution in [2.75, 3.05) is 29.9 Å². The Balaban J connectivity index is 2.03. The maximum absolute atomic E-state index is 5.98. The minimum atomic E-state index is -0.183. The SMILES string of the molecule is CCNc1cn2ccnc2c(N2CC(C)OC(C)(C)C2)n1. The molecule has 3 heterocycles. The molecule has 1 N–H and O–H groups in total. The van der Waals surface area contributed by atoms with E-state index in [0.717, 1.165) is 36.9 Å². The zero-order valence-corrected chi connectivity index (χ0v) is 13.1. The highest BCUT2D eigenvalue weighted by molar-refractivity contribution is 5.67. The summed E-state index contributed by atoms with van der Waals surface area (Å²) >= 11 is 0. The van der Waals surface area contributed by atoms with E-state index in [4.69, 9.17) is 9.72 Å². The second-order valence-electron chi connectivity index (χ2n) is 6.21. The first-order chi connectivity index (χ1) is 9.98. The topological polar surface area (TPSA) is 54.7 Å². The molecule has 0 saturated carbocycles. The molecular weight excluding hydrogens is 266 g/mol. The van der Waals surface area contributed by atoms with Crippen LogP contribution < -0.4 is 10.2 Å². The third kappa shape index (κ3) is 2.81. The monoisotopic (exact) mass is 289 g/mol. The molecule has 21 heavy (non-hydrogen) atoms. The predicted octanol–water partition coefficient (Wildman–Crippen LogP) is 2.16. The molecule has 0 radical (unpaired) electrons. The third-order valence-electron chi connectivity index (χ3n) is 3.58. The van der Waals surface area contributed by atoms with Crippen molar-refractivity contribution < 1.29 is 4.74 Å². The lowest BCUT2D eigenvalue weighted by Gasteiger charge is -2.42. The van der Waals surface area contributed by atoms with Gasteiger partial charge in [0, 0.05) is 32.0 Å². The van der Waals surface area contributed by atoms with Gasteiger partial charge in [-0.1, -0.05) is 0 Å². The molecule has 0 amide bonds. The van der Waals surface area contributed by atoms with E-state index in [1.54, 1.807) is 0 Å². The quantitative estimate of drug-likeness (QED) is 0.938. The summed E-state index contributed by atoms with van der Waals surface area (Å²) in [5, 5.41) is 3.28. The van der Waals surface area contributed by atoms with E-state index in [1.807, 2.05) is 23.0 Å². The maximum Gasteiger partial charge on any atom is 0.180 e. The van der Waals surface area contributed by atoms with Crippen LogP contribution in [0.2, 0.25) is 0 Å². The van der Waals surface area contributed by atoms with Crippen LogP contribution in [-0.4, -0.2) is 45.7 Å². The predicted molar refractivity (Wildman–Crippen MR) is 84.0 cm³/mol. The summed E-state index contributed by atoms with van der Waals surface area (Å²) in [6.45, 7) is 10.9. The van der Waals surface area contributed by atoms with Gasteiger partial charge < -0.3 is 19.4 Å². The average Bonchev–Trinajstić information content (AvgIpc) is 2.83. The van der Waals surface area contributed by atoms with E-state index in [9.17, 15) is 0 Å². The van der Waals surface area contributed by atoms with Crippen LogP contribution in [0.15, 0.2) is 18.6 Å². The standard InChI is InChI=1S/C15H23N5O/c1-5-16-12-9-19-7-6-17-13(19)14(18-12)20-8-11(2)21-15(3,4)10-20/h6-7,9,11,16H,5,8,10H2,1-4H3. The molecule has 2 aromatic heterocycles. The normalized spacial score (nSPS) is 21.7. The highest BCUT2D eigenvalue weighted by Gasteiger charge is 2.33. The number of fused-ring (bicyclic) bond motifs is 1. The van der Waals surface area contributed by atoms with Crippen LogP contribution >= 0.6 is 0 Å². The largest absolute Gasteiger partial charge is 0.369 e. The lowest BCUT2D eigenvalue weighted by atomic mass is 10.1. The number of hydrogen-bond donors (Lipinski definition) is 1. The van der Waals surface area contributed by atoms with E-state index in [2.05, 4.69) is 42.9 Å². The minimum Gasteiger partial charge on any atom is -0.369 e. The third-order valence-corrected chi connectivity index (χ3v) is 3.58. The molecule has 0 bridgehead atoms. The molecule has 1 atom stereocenters. The van der Waals surface area contributed by atoms with E-state index in [1.165, 1.54) is 0 Å². The summed E-state index contributed by atoms with van der Waals surface area (Å²) in [5.41, 5.74) is 0.707. The van der Waals surface area contributed by atoms with Gasteiger partial charge in [-0.05, 0) is 27.7 Å². The highest BCUT2D eigenvalue weighted by atomic mass is 16.5. The smallest absolute Gasteiger partial charge is 0.180 e. The first-order valence-electron chi connectivity index (χ1n) is 7.49. The van der Waals surface area contributed by atoms with Gasteiger partial charge in [0.1, 0.15) is 5.82 Å². The Kier molecular flexibility index (Phi) is 3.49. The first-order valence-corrected chi connectivity index (χ1v) is 7.49. The van der Waals surface area contributed by atoms with Crippen LogP contribution in [0.25, 0.3) is 5.65 Å². The van der Waals surface area contributed by atoms with Crippen molar-refractivity contribution >= 4 is 17.3 Å². The Morgan fingerprint density at radius 3 is 3.00 bits per heavy atom. The molecular formula is C15H23N5O. The molecule has 6 heteroatoms. The molecule has 2 aromatic rings. The number of rotatable bonds is 3. The van der Waals surface area contributed by atoms with Gasteiger partial charge in [0.15, 0.2) is 11.5 Å². The summed E-state index contributed by atoms with van der Waals surface area (Å²) in [4.78, 5) is 11.5. The van der Waals surface area contributed by atoms with Gasteiger partial charge in [-0.2, -0.15) is 0 Å². The van der Waals surface area contributed by atoms with E-state index < -0.39 is 0 Å². The van der Waals surface area contributed by atoms with Crippen LogP contribution in [0.4, 0.5) is 11.6 Å². The highest BCUT2D eigenvalue weighted by Crippen LogP contribution is 2.28. The fourth-order valence-electron chi connectivity index (χ4n) is 3.01. The fourth-order valence-corrected chi connectivity index (χ4v) is 3.01. The van der Waals surface area contributed by atoms with Crippen LogP contribution in [0, 0.1) is 0 Å². The van der Waals surface area contributed by atoms with Crippen molar-refractivity contribution in [1.29, 1.82) is 0 Å². The number of hydrogen-bond acceptors (Lipinski definition) is 5. The van der Waals surface area contributed by atoms with E-state index in [0.29, 0.717) is 0 Å². The van der Waals surface area contributed by atoms with Gasteiger partial charge in [0.05, 0.1) is 17.9 Å². The number of nitrogens with zero attached hydrogens (tertiary/aromatic N) is 4. The first kappa shape index (κ1) is 14.1. The zero-order chi connectivity index (χ0) is 15.0. The lowest BCUT2D eigenvalue weighted by Crippen LogP contribution is -2.52. The number of nitrogens with one attached hydrogen (secondary N) is 1. The van der Waals surface area contributed by atoms with Crippen LogP contribution in [0.1, 0.15) is 27.7 Å². The molecule has 114 valence electrons. The van der Waals surface area contributed by atoms with Gasteiger partial charge in [-0.3, -0.25) is 0 Å². The Morgan fingerprint density at radius 2 is 2.29 bits per heavy atom. The summed E-state index contributed by atoms with van der Waals surface area (Å²) in [6, 6.07) is 0. The van der Waals surface area contributed by atoms with Crippen molar-refractivity contribution in [3.05, 3.63) is 18.6 Å². The van der Waals surface area contributed by atoms with Gasteiger partial charge >= 0.3 is 0 Å². The minimum absolute atomic E-state index is 0.174. The molecule has 6 nitrogen and oxygen atoms in total.